The number of rotatable bonds is 1. The largest absolute Gasteiger partial charge is 0.459 e. The number of Topliss-reactive ketones (excluding diaryl/α,β-unsaturated/α-hetero) is 1. The summed E-state index contributed by atoms with van der Waals surface area (Å²) in [6.07, 6.45) is -1.27. The fraction of sp³-hybridized carbons (Fsp3) is 0.733. The third-order valence-corrected chi connectivity index (χ3v) is 5.50. The molecule has 0 aromatic rings. The first-order valence-corrected chi connectivity index (χ1v) is 7.24. The molecule has 21 heavy (non-hydrogen) atoms. The minimum absolute atomic E-state index is 0.0803. The summed E-state index contributed by atoms with van der Waals surface area (Å²) in [7, 11) is 0. The quantitative estimate of drug-likeness (QED) is 0.441. The number of carbonyl (C=O) groups excluding carboxylic acids is 2. The zero-order valence-electron chi connectivity index (χ0n) is 11.9. The monoisotopic (exact) mass is 296 g/mol. The molecular weight excluding hydrogens is 276 g/mol. The van der Waals surface area contributed by atoms with E-state index in [1.807, 2.05) is 0 Å². The summed E-state index contributed by atoms with van der Waals surface area (Å²) in [6, 6.07) is 0. The summed E-state index contributed by atoms with van der Waals surface area (Å²) in [5, 5.41) is 30.2. The lowest BCUT2D eigenvalue weighted by Gasteiger charge is -2.31. The fourth-order valence-corrected chi connectivity index (χ4v) is 4.31. The van der Waals surface area contributed by atoms with Gasteiger partial charge in [-0.15, -0.1) is 0 Å². The normalized spacial score (nSPS) is 49.6. The Balaban J connectivity index is 2.07. The van der Waals surface area contributed by atoms with Crippen molar-refractivity contribution >= 4 is 11.8 Å². The Labute approximate surface area is 122 Å². The zero-order chi connectivity index (χ0) is 15.5. The molecule has 3 rings (SSSR count). The maximum atomic E-state index is 12.0. The van der Waals surface area contributed by atoms with Gasteiger partial charge >= 0.3 is 5.97 Å². The van der Waals surface area contributed by atoms with Gasteiger partial charge in [0.05, 0.1) is 18.6 Å². The topological polar surface area (TPSA) is 104 Å². The molecule has 0 amide bonds. The maximum absolute atomic E-state index is 12.0. The van der Waals surface area contributed by atoms with Gasteiger partial charge in [0, 0.05) is 18.3 Å². The first-order chi connectivity index (χ1) is 9.81. The SMILES string of the molecule is C=C1CC(O)C2C(OC(=O)C2(O)CO)C2C(C)C(=O)CC12. The minimum atomic E-state index is -2.11. The lowest BCUT2D eigenvalue weighted by atomic mass is 9.75. The predicted octanol–water partition coefficient (Wildman–Crippen LogP) is -0.587. The molecule has 0 aromatic heterocycles. The summed E-state index contributed by atoms with van der Waals surface area (Å²) < 4.78 is 5.30. The first-order valence-electron chi connectivity index (χ1n) is 7.24. The summed E-state index contributed by atoms with van der Waals surface area (Å²) in [5.74, 6) is -2.54. The van der Waals surface area contributed by atoms with E-state index in [0.29, 0.717) is 6.42 Å². The van der Waals surface area contributed by atoms with E-state index in [-0.39, 0.29) is 30.0 Å². The Morgan fingerprint density at radius 2 is 2.05 bits per heavy atom. The number of aliphatic hydroxyl groups is 3. The average molecular weight is 296 g/mol. The highest BCUT2D eigenvalue weighted by Crippen LogP contribution is 2.52. The molecule has 0 bridgehead atoms. The minimum Gasteiger partial charge on any atom is -0.459 e. The molecular formula is C15H20O6. The van der Waals surface area contributed by atoms with Crippen LogP contribution < -0.4 is 0 Å². The number of carbonyl (C=O) groups is 2. The van der Waals surface area contributed by atoms with Crippen LogP contribution in [0, 0.1) is 23.7 Å². The number of aliphatic hydroxyl groups excluding tert-OH is 2. The van der Waals surface area contributed by atoms with Crippen molar-refractivity contribution in [3.63, 3.8) is 0 Å². The molecule has 1 aliphatic heterocycles. The van der Waals surface area contributed by atoms with Crippen molar-refractivity contribution in [3.8, 4) is 0 Å². The maximum Gasteiger partial charge on any atom is 0.341 e. The van der Waals surface area contributed by atoms with Crippen LogP contribution in [0.15, 0.2) is 12.2 Å². The van der Waals surface area contributed by atoms with Crippen LogP contribution in [-0.2, 0) is 14.3 Å². The molecule has 1 heterocycles. The van der Waals surface area contributed by atoms with Crippen molar-refractivity contribution < 1.29 is 29.6 Å². The van der Waals surface area contributed by atoms with Gasteiger partial charge in [-0.05, 0) is 12.3 Å². The molecule has 6 nitrogen and oxygen atoms in total. The number of ether oxygens (including phenoxy) is 1. The van der Waals surface area contributed by atoms with E-state index >= 15 is 0 Å². The molecule has 3 N–H and O–H groups in total. The highest BCUT2D eigenvalue weighted by atomic mass is 16.6. The van der Waals surface area contributed by atoms with Crippen molar-refractivity contribution in [2.45, 2.75) is 37.6 Å². The molecule has 1 saturated heterocycles. The summed E-state index contributed by atoms with van der Waals surface area (Å²) >= 11 is 0. The van der Waals surface area contributed by atoms with Crippen LogP contribution in [-0.4, -0.2) is 51.5 Å². The number of fused-ring (bicyclic) bond motifs is 3. The van der Waals surface area contributed by atoms with E-state index < -0.39 is 36.3 Å². The number of hydrogen-bond donors (Lipinski definition) is 3. The third-order valence-electron chi connectivity index (χ3n) is 5.50. The zero-order valence-corrected chi connectivity index (χ0v) is 11.9. The molecule has 3 fully saturated rings. The molecule has 2 aliphatic carbocycles. The van der Waals surface area contributed by atoms with Gasteiger partial charge in [0.15, 0.2) is 5.60 Å². The summed E-state index contributed by atoms with van der Waals surface area (Å²) in [5.41, 5.74) is -1.36. The lowest BCUT2D eigenvalue weighted by Crippen LogP contribution is -2.51. The smallest absolute Gasteiger partial charge is 0.341 e. The summed E-state index contributed by atoms with van der Waals surface area (Å²) in [6.45, 7) is 4.93. The molecule has 7 atom stereocenters. The predicted molar refractivity (Wildman–Crippen MR) is 70.9 cm³/mol. The van der Waals surface area contributed by atoms with Crippen LogP contribution in [0.5, 0.6) is 0 Å². The van der Waals surface area contributed by atoms with Gasteiger partial charge in [-0.25, -0.2) is 4.79 Å². The standard InChI is InChI=1S/C15H20O6/c1-6-3-10(18)12-13(21-14(19)15(12,20)5-16)11-7(2)9(17)4-8(6)11/h7-8,10-13,16,18,20H,1,3-5H2,2H3. The average Bonchev–Trinajstić information content (AvgIpc) is 2.82. The highest BCUT2D eigenvalue weighted by Gasteiger charge is 2.65. The van der Waals surface area contributed by atoms with Crippen molar-refractivity contribution in [2.75, 3.05) is 6.61 Å². The third kappa shape index (κ3) is 1.82. The van der Waals surface area contributed by atoms with Crippen LogP contribution in [0.25, 0.3) is 0 Å². The van der Waals surface area contributed by atoms with Crippen LogP contribution in [0.3, 0.4) is 0 Å². The second-order valence-corrected chi connectivity index (χ2v) is 6.55. The fourth-order valence-electron chi connectivity index (χ4n) is 4.31. The van der Waals surface area contributed by atoms with Crippen molar-refractivity contribution in [1.29, 1.82) is 0 Å². The summed E-state index contributed by atoms with van der Waals surface area (Å²) in [4.78, 5) is 24.0. The van der Waals surface area contributed by atoms with Gasteiger partial charge < -0.3 is 20.1 Å². The Morgan fingerprint density at radius 3 is 2.67 bits per heavy atom. The van der Waals surface area contributed by atoms with E-state index in [2.05, 4.69) is 6.58 Å². The van der Waals surface area contributed by atoms with E-state index in [1.54, 1.807) is 6.92 Å². The number of esters is 1. The molecule has 3 aliphatic rings. The molecule has 2 saturated carbocycles. The van der Waals surface area contributed by atoms with Crippen LogP contribution in [0.4, 0.5) is 0 Å². The molecule has 7 unspecified atom stereocenters. The second-order valence-electron chi connectivity index (χ2n) is 6.55. The van der Waals surface area contributed by atoms with E-state index in [9.17, 15) is 24.9 Å². The van der Waals surface area contributed by atoms with Gasteiger partial charge in [-0.3, -0.25) is 4.79 Å². The second kappa shape index (κ2) is 4.63. The van der Waals surface area contributed by atoms with Gasteiger partial charge in [-0.2, -0.15) is 0 Å². The van der Waals surface area contributed by atoms with E-state index in [0.717, 1.165) is 5.57 Å². The Hall–Kier alpha value is -1.24. The Kier molecular flexibility index (Phi) is 3.24. The van der Waals surface area contributed by atoms with Gasteiger partial charge in [0.25, 0.3) is 0 Å². The number of hydrogen-bond acceptors (Lipinski definition) is 6. The Morgan fingerprint density at radius 1 is 1.38 bits per heavy atom. The Bertz CT molecular complexity index is 514. The van der Waals surface area contributed by atoms with Crippen molar-refractivity contribution in [1.82, 2.24) is 0 Å². The van der Waals surface area contributed by atoms with E-state index in [1.165, 1.54) is 0 Å². The molecule has 0 spiro atoms. The van der Waals surface area contributed by atoms with E-state index in [4.69, 9.17) is 4.74 Å². The van der Waals surface area contributed by atoms with Gasteiger partial charge in [-0.1, -0.05) is 19.1 Å². The first kappa shape index (κ1) is 14.7. The van der Waals surface area contributed by atoms with Crippen LogP contribution >= 0.6 is 0 Å². The molecule has 6 heteroatoms. The van der Waals surface area contributed by atoms with Crippen molar-refractivity contribution in [2.24, 2.45) is 23.7 Å². The lowest BCUT2D eigenvalue weighted by molar-refractivity contribution is -0.161. The molecule has 0 radical (unpaired) electrons. The molecule has 0 aromatic carbocycles. The highest BCUT2D eigenvalue weighted by molar-refractivity contribution is 5.86. The van der Waals surface area contributed by atoms with Gasteiger partial charge in [0.2, 0.25) is 0 Å². The van der Waals surface area contributed by atoms with Crippen LogP contribution in [0.1, 0.15) is 19.8 Å². The number of ketones is 1. The van der Waals surface area contributed by atoms with Crippen LogP contribution in [0.2, 0.25) is 0 Å². The van der Waals surface area contributed by atoms with Crippen molar-refractivity contribution in [3.05, 3.63) is 12.2 Å². The van der Waals surface area contributed by atoms with Gasteiger partial charge in [0.1, 0.15) is 11.9 Å². The molecule has 116 valence electrons.